The van der Waals surface area contributed by atoms with E-state index in [-0.39, 0.29) is 24.4 Å². The van der Waals surface area contributed by atoms with Crippen LogP contribution in [0.15, 0.2) is 24.3 Å². The minimum Gasteiger partial charge on any atom is -0.465 e. The molecule has 1 spiro atoms. The first-order valence-electron chi connectivity index (χ1n) is 14.1. The molecule has 0 aromatic rings. The number of unbranched alkanes of at least 4 members (excludes halogenated alkanes) is 3. The zero-order chi connectivity index (χ0) is 26.8. The Morgan fingerprint density at radius 2 is 1.74 bits per heavy atom. The maximum Gasteiger partial charge on any atom is 0.311 e. The molecular formula is C28H41N3O6S. The summed E-state index contributed by atoms with van der Waals surface area (Å²) in [7, 11) is 0. The van der Waals surface area contributed by atoms with E-state index in [1.54, 1.807) is 16.7 Å². The number of aliphatic hydroxyl groups excluding tert-OH is 1. The molecule has 5 aliphatic heterocycles. The van der Waals surface area contributed by atoms with Crippen LogP contribution in [-0.4, -0.2) is 119 Å². The molecule has 1 N–H and O–H groups in total. The molecule has 5 heterocycles. The maximum atomic E-state index is 14.3. The van der Waals surface area contributed by atoms with Crippen LogP contribution in [0.4, 0.5) is 0 Å². The lowest BCUT2D eigenvalue weighted by atomic mass is 9.74. The number of ether oxygens (including phenoxy) is 2. The van der Waals surface area contributed by atoms with Crippen LogP contribution in [-0.2, 0) is 23.9 Å². The minimum absolute atomic E-state index is 0.0304. The van der Waals surface area contributed by atoms with Gasteiger partial charge in [0, 0.05) is 50.6 Å². The van der Waals surface area contributed by atoms with E-state index in [1.165, 1.54) is 0 Å². The van der Waals surface area contributed by atoms with Crippen molar-refractivity contribution in [1.29, 1.82) is 0 Å². The lowest BCUT2D eigenvalue weighted by Crippen LogP contribution is -2.54. The van der Waals surface area contributed by atoms with E-state index >= 15 is 0 Å². The van der Waals surface area contributed by atoms with E-state index in [2.05, 4.69) is 17.1 Å². The average molecular weight is 548 g/mol. The van der Waals surface area contributed by atoms with Crippen molar-refractivity contribution >= 4 is 29.5 Å². The van der Waals surface area contributed by atoms with Gasteiger partial charge in [-0.1, -0.05) is 37.1 Å². The van der Waals surface area contributed by atoms with Crippen LogP contribution in [0.25, 0.3) is 0 Å². The topological polar surface area (TPSA) is 99.6 Å². The molecule has 10 heteroatoms. The molecule has 5 aliphatic rings. The largest absolute Gasteiger partial charge is 0.465 e. The van der Waals surface area contributed by atoms with Crippen LogP contribution in [0.1, 0.15) is 39.0 Å². The molecule has 5 atom stereocenters. The van der Waals surface area contributed by atoms with Crippen molar-refractivity contribution < 1.29 is 29.0 Å². The van der Waals surface area contributed by atoms with Crippen molar-refractivity contribution in [3.8, 4) is 0 Å². The van der Waals surface area contributed by atoms with Crippen LogP contribution in [0, 0.1) is 11.8 Å². The number of esters is 1. The van der Waals surface area contributed by atoms with Gasteiger partial charge in [-0.2, -0.15) is 0 Å². The summed E-state index contributed by atoms with van der Waals surface area (Å²) in [4.78, 5) is 47.9. The number of morpholine rings is 1. The predicted molar refractivity (Wildman–Crippen MR) is 144 cm³/mol. The van der Waals surface area contributed by atoms with Gasteiger partial charge < -0.3 is 24.4 Å². The van der Waals surface area contributed by atoms with E-state index < -0.39 is 27.4 Å². The first kappa shape index (κ1) is 27.7. The van der Waals surface area contributed by atoms with Crippen molar-refractivity contribution in [2.24, 2.45) is 11.8 Å². The molecule has 210 valence electrons. The molecule has 0 aromatic heterocycles. The third-order valence-electron chi connectivity index (χ3n) is 8.70. The van der Waals surface area contributed by atoms with Gasteiger partial charge in [-0.25, -0.2) is 0 Å². The van der Waals surface area contributed by atoms with E-state index in [4.69, 9.17) is 14.6 Å². The van der Waals surface area contributed by atoms with Crippen molar-refractivity contribution in [1.82, 2.24) is 14.7 Å². The highest BCUT2D eigenvalue weighted by molar-refractivity contribution is 8.02. The molecule has 3 saturated heterocycles. The summed E-state index contributed by atoms with van der Waals surface area (Å²) in [5.41, 5.74) is 0. The first-order valence-corrected chi connectivity index (χ1v) is 15.0. The average Bonchev–Trinajstić information content (AvgIpc) is 3.22. The van der Waals surface area contributed by atoms with E-state index in [9.17, 15) is 14.4 Å². The maximum absolute atomic E-state index is 14.3. The Morgan fingerprint density at radius 3 is 2.53 bits per heavy atom. The monoisotopic (exact) mass is 547 g/mol. The third kappa shape index (κ3) is 5.05. The van der Waals surface area contributed by atoms with Crippen LogP contribution < -0.4 is 0 Å². The third-order valence-corrected chi connectivity index (χ3v) is 10.5. The number of likely N-dealkylation sites (tertiary alicyclic amines) is 1. The Morgan fingerprint density at radius 1 is 0.947 bits per heavy atom. The molecule has 0 radical (unpaired) electrons. The summed E-state index contributed by atoms with van der Waals surface area (Å²) in [6, 6.07) is -0.655. The molecule has 9 nitrogen and oxygen atoms in total. The smallest absolute Gasteiger partial charge is 0.311 e. The van der Waals surface area contributed by atoms with Gasteiger partial charge in [-0.15, -0.1) is 11.8 Å². The SMILES string of the molecule is C[C@]12C=CCCOC(=O)[C@H]1[C@H]1C(=O)N(CCCCCCO)C3C(=O)N(CCN4CCOCC4)CC=C[C@@]31S2. The number of rotatable bonds is 9. The summed E-state index contributed by atoms with van der Waals surface area (Å²) >= 11 is 1.60. The van der Waals surface area contributed by atoms with Gasteiger partial charge >= 0.3 is 5.97 Å². The Bertz CT molecular complexity index is 968. The zero-order valence-electron chi connectivity index (χ0n) is 22.4. The van der Waals surface area contributed by atoms with Crippen LogP contribution in [0.2, 0.25) is 0 Å². The molecule has 3 fully saturated rings. The van der Waals surface area contributed by atoms with Crippen molar-refractivity contribution in [3.05, 3.63) is 24.3 Å². The summed E-state index contributed by atoms with van der Waals surface area (Å²) in [5.74, 6) is -1.77. The number of fused-ring (bicyclic) bond motifs is 2. The standard InChI is InChI=1S/C28H41N3O6S/c1-27-9-4-7-18-37-26(35)22(27)21-24(33)31(12-5-2-3-6-17-32)23-25(34)30(11-8-10-28(21,23)38-27)14-13-29-15-19-36-20-16-29/h4,8-10,21-23,32H,2-3,5-7,11-20H2,1H3/t21-,22+,23?,27-,28-/m0/s1. The van der Waals surface area contributed by atoms with Gasteiger partial charge in [-0.05, 0) is 26.2 Å². The Labute approximate surface area is 229 Å². The van der Waals surface area contributed by atoms with Crippen molar-refractivity contribution in [2.45, 2.75) is 54.6 Å². The molecule has 38 heavy (non-hydrogen) atoms. The molecule has 0 saturated carbocycles. The van der Waals surface area contributed by atoms with Gasteiger partial charge in [0.1, 0.15) is 6.04 Å². The van der Waals surface area contributed by atoms with Gasteiger partial charge in [-0.3, -0.25) is 19.3 Å². The highest BCUT2D eigenvalue weighted by atomic mass is 32.2. The molecule has 0 aromatic carbocycles. The second-order valence-corrected chi connectivity index (χ2v) is 13.0. The summed E-state index contributed by atoms with van der Waals surface area (Å²) < 4.78 is 9.63. The molecule has 2 amide bonds. The molecule has 0 aliphatic carbocycles. The number of hydrogen-bond acceptors (Lipinski definition) is 8. The Hall–Kier alpha value is -1.88. The van der Waals surface area contributed by atoms with Gasteiger partial charge in [0.15, 0.2) is 0 Å². The van der Waals surface area contributed by atoms with Crippen molar-refractivity contribution in [3.63, 3.8) is 0 Å². The normalized spacial score (nSPS) is 35.4. The van der Waals surface area contributed by atoms with E-state index in [0.29, 0.717) is 45.9 Å². The molecule has 1 unspecified atom stereocenters. The number of aliphatic hydroxyl groups is 1. The summed E-state index contributed by atoms with van der Waals surface area (Å²) in [6.45, 7) is 7.94. The number of cyclic esters (lactones) is 1. The highest BCUT2D eigenvalue weighted by Gasteiger charge is 2.73. The van der Waals surface area contributed by atoms with Gasteiger partial charge in [0.2, 0.25) is 11.8 Å². The highest BCUT2D eigenvalue weighted by Crippen LogP contribution is 2.65. The van der Waals surface area contributed by atoms with Gasteiger partial charge in [0.05, 0.1) is 36.4 Å². The number of carbonyl (C=O) groups is 3. The minimum atomic E-state index is -0.819. The zero-order valence-corrected chi connectivity index (χ0v) is 23.2. The lowest BCUT2D eigenvalue weighted by Gasteiger charge is -2.37. The number of nitrogens with zero attached hydrogens (tertiary/aromatic N) is 3. The predicted octanol–water partition coefficient (Wildman–Crippen LogP) is 1.46. The fourth-order valence-electron chi connectivity index (χ4n) is 6.81. The van der Waals surface area contributed by atoms with Crippen LogP contribution in [0.5, 0.6) is 0 Å². The van der Waals surface area contributed by atoms with Crippen LogP contribution in [0.3, 0.4) is 0 Å². The second-order valence-electron chi connectivity index (χ2n) is 11.2. The molecular weight excluding hydrogens is 506 g/mol. The fraction of sp³-hybridized carbons (Fsp3) is 0.750. The lowest BCUT2D eigenvalue weighted by molar-refractivity contribution is -0.154. The first-order chi connectivity index (χ1) is 18.4. The summed E-state index contributed by atoms with van der Waals surface area (Å²) in [5, 5.41) is 9.14. The number of thioether (sulfide) groups is 1. The number of hydrogen-bond donors (Lipinski definition) is 1. The van der Waals surface area contributed by atoms with Crippen LogP contribution >= 0.6 is 11.8 Å². The quantitative estimate of drug-likeness (QED) is 0.263. The Kier molecular flexibility index (Phi) is 8.52. The van der Waals surface area contributed by atoms with Gasteiger partial charge in [0.25, 0.3) is 0 Å². The molecule has 5 rings (SSSR count). The molecule has 0 bridgehead atoms. The number of carbonyl (C=O) groups excluding carboxylic acids is 3. The van der Waals surface area contributed by atoms with E-state index in [0.717, 1.165) is 45.3 Å². The number of amides is 2. The second kappa shape index (κ2) is 11.7. The fourth-order valence-corrected chi connectivity index (χ4v) is 8.96. The van der Waals surface area contributed by atoms with Crippen molar-refractivity contribution in [2.75, 3.05) is 65.7 Å². The van der Waals surface area contributed by atoms with E-state index in [1.807, 2.05) is 24.0 Å². The summed E-state index contributed by atoms with van der Waals surface area (Å²) in [6.07, 6.45) is 12.1. The Balaban J connectivity index is 1.45.